The lowest BCUT2D eigenvalue weighted by Gasteiger charge is -1.92. The van der Waals surface area contributed by atoms with E-state index in [9.17, 15) is 0 Å². The molecule has 1 atom stereocenters. The lowest BCUT2D eigenvalue weighted by molar-refractivity contribution is 0.807. The van der Waals surface area contributed by atoms with Gasteiger partial charge in [0, 0.05) is 4.91 Å². The van der Waals surface area contributed by atoms with Crippen LogP contribution in [0.1, 0.15) is 12.8 Å². The molecular formula is C4H7N3S. The van der Waals surface area contributed by atoms with Gasteiger partial charge < -0.3 is 0 Å². The van der Waals surface area contributed by atoms with Crippen LogP contribution in [-0.2, 0) is 0 Å². The van der Waals surface area contributed by atoms with E-state index in [1.165, 1.54) is 6.42 Å². The highest BCUT2D eigenvalue weighted by atomic mass is 32.2. The van der Waals surface area contributed by atoms with Gasteiger partial charge >= 0.3 is 0 Å². The molecule has 0 spiro atoms. The summed E-state index contributed by atoms with van der Waals surface area (Å²) in [6.45, 7) is 0. The van der Waals surface area contributed by atoms with Crippen LogP contribution in [0.4, 0.5) is 0 Å². The first-order chi connectivity index (χ1) is 3.93. The highest BCUT2D eigenvalue weighted by Gasteiger charge is 2.12. The largest absolute Gasteiger partial charge is 0.153 e. The van der Waals surface area contributed by atoms with Crippen LogP contribution in [0.25, 0.3) is 10.4 Å². The van der Waals surface area contributed by atoms with Crippen molar-refractivity contribution in [1.29, 1.82) is 0 Å². The van der Waals surface area contributed by atoms with Crippen LogP contribution in [0.5, 0.6) is 0 Å². The Labute approximate surface area is 52.1 Å². The first kappa shape index (κ1) is 5.79. The minimum absolute atomic E-state index is 0.236. The van der Waals surface area contributed by atoms with Gasteiger partial charge in [-0.2, -0.15) is 11.8 Å². The molecule has 0 aromatic carbocycles. The Kier molecular flexibility index (Phi) is 2.06. The predicted octanol–water partition coefficient (Wildman–Crippen LogP) is 2.15. The molecule has 1 aliphatic heterocycles. The van der Waals surface area contributed by atoms with Gasteiger partial charge in [-0.1, -0.05) is 5.11 Å². The summed E-state index contributed by atoms with van der Waals surface area (Å²) in [6.07, 6.45) is 2.27. The molecule has 0 aromatic rings. The summed E-state index contributed by atoms with van der Waals surface area (Å²) in [7, 11) is 0. The number of nitrogens with zero attached hydrogens (tertiary/aromatic N) is 3. The second kappa shape index (κ2) is 2.84. The molecule has 0 radical (unpaired) electrons. The van der Waals surface area contributed by atoms with Gasteiger partial charge in [-0.15, -0.1) is 0 Å². The summed E-state index contributed by atoms with van der Waals surface area (Å²) in [4.78, 5) is 2.72. The maximum atomic E-state index is 7.97. The van der Waals surface area contributed by atoms with Crippen molar-refractivity contribution in [3.8, 4) is 0 Å². The van der Waals surface area contributed by atoms with Crippen molar-refractivity contribution >= 4 is 11.8 Å². The molecule has 44 valence electrons. The van der Waals surface area contributed by atoms with E-state index in [0.717, 1.165) is 12.2 Å². The van der Waals surface area contributed by atoms with E-state index in [2.05, 4.69) is 10.0 Å². The number of hydrogen-bond donors (Lipinski definition) is 0. The number of hydrogen-bond acceptors (Lipinski definition) is 2. The van der Waals surface area contributed by atoms with Crippen molar-refractivity contribution in [3.63, 3.8) is 0 Å². The van der Waals surface area contributed by atoms with Crippen LogP contribution in [0, 0.1) is 0 Å². The predicted molar refractivity (Wildman–Crippen MR) is 34.6 cm³/mol. The maximum absolute atomic E-state index is 7.97. The lowest BCUT2D eigenvalue weighted by Crippen LogP contribution is -1.85. The Balaban J connectivity index is 2.35. The van der Waals surface area contributed by atoms with E-state index in [0.29, 0.717) is 0 Å². The standard InChI is InChI=1S/C4H7N3S/c5-7-6-4-2-1-3-8-4/h4H,1-3H2. The summed E-state index contributed by atoms with van der Waals surface area (Å²) in [5.74, 6) is 1.16. The average Bonchev–Trinajstić information content (AvgIpc) is 2.19. The van der Waals surface area contributed by atoms with E-state index < -0.39 is 0 Å². The first-order valence-electron chi connectivity index (χ1n) is 2.59. The highest BCUT2D eigenvalue weighted by Crippen LogP contribution is 2.26. The van der Waals surface area contributed by atoms with Gasteiger partial charge in [0.05, 0.1) is 5.37 Å². The minimum Gasteiger partial charge on any atom is -0.153 e. The van der Waals surface area contributed by atoms with Crippen LogP contribution >= 0.6 is 11.8 Å². The summed E-state index contributed by atoms with van der Waals surface area (Å²) < 4.78 is 0. The van der Waals surface area contributed by atoms with Crippen LogP contribution < -0.4 is 0 Å². The Morgan fingerprint density at radius 1 is 1.75 bits per heavy atom. The van der Waals surface area contributed by atoms with Crippen molar-refractivity contribution in [2.45, 2.75) is 18.2 Å². The van der Waals surface area contributed by atoms with E-state index in [-0.39, 0.29) is 5.37 Å². The smallest absolute Gasteiger partial charge is 0.0833 e. The van der Waals surface area contributed by atoms with Gasteiger partial charge in [0.2, 0.25) is 0 Å². The third-order valence-electron chi connectivity index (χ3n) is 1.09. The molecule has 0 bridgehead atoms. The van der Waals surface area contributed by atoms with Crippen molar-refractivity contribution in [2.75, 3.05) is 5.75 Å². The summed E-state index contributed by atoms with van der Waals surface area (Å²) in [5, 5.41) is 3.80. The highest BCUT2D eigenvalue weighted by molar-refractivity contribution is 8.00. The van der Waals surface area contributed by atoms with Crippen molar-refractivity contribution < 1.29 is 0 Å². The van der Waals surface area contributed by atoms with Crippen LogP contribution in [-0.4, -0.2) is 11.1 Å². The third-order valence-corrected chi connectivity index (χ3v) is 2.33. The van der Waals surface area contributed by atoms with Gasteiger partial charge in [-0.25, -0.2) is 0 Å². The second-order valence-corrected chi connectivity index (χ2v) is 2.96. The van der Waals surface area contributed by atoms with Crippen molar-refractivity contribution in [1.82, 2.24) is 0 Å². The zero-order valence-electron chi connectivity index (χ0n) is 4.45. The van der Waals surface area contributed by atoms with Crippen molar-refractivity contribution in [2.24, 2.45) is 5.11 Å². The fraction of sp³-hybridized carbons (Fsp3) is 1.00. The van der Waals surface area contributed by atoms with E-state index in [1.807, 2.05) is 0 Å². The zero-order chi connectivity index (χ0) is 5.82. The van der Waals surface area contributed by atoms with E-state index in [4.69, 9.17) is 5.53 Å². The molecule has 1 unspecified atom stereocenters. The second-order valence-electron chi connectivity index (χ2n) is 1.67. The minimum atomic E-state index is 0.236. The molecule has 1 heterocycles. The zero-order valence-corrected chi connectivity index (χ0v) is 5.27. The van der Waals surface area contributed by atoms with E-state index >= 15 is 0 Å². The molecule has 0 N–H and O–H groups in total. The van der Waals surface area contributed by atoms with Gasteiger partial charge in [0.25, 0.3) is 0 Å². The Bertz CT molecular complexity index is 112. The molecule has 8 heavy (non-hydrogen) atoms. The molecule has 0 aromatic heterocycles. The molecule has 1 aliphatic rings. The van der Waals surface area contributed by atoms with Crippen LogP contribution in [0.2, 0.25) is 0 Å². The monoisotopic (exact) mass is 129 g/mol. The van der Waals surface area contributed by atoms with Crippen LogP contribution in [0.15, 0.2) is 5.11 Å². The fourth-order valence-corrected chi connectivity index (χ4v) is 1.76. The van der Waals surface area contributed by atoms with Gasteiger partial charge in [0.15, 0.2) is 0 Å². The maximum Gasteiger partial charge on any atom is 0.0833 e. The first-order valence-corrected chi connectivity index (χ1v) is 3.64. The lowest BCUT2D eigenvalue weighted by atomic mass is 10.3. The van der Waals surface area contributed by atoms with Crippen LogP contribution in [0.3, 0.4) is 0 Å². The molecule has 3 nitrogen and oxygen atoms in total. The third kappa shape index (κ3) is 1.32. The molecule has 1 rings (SSSR count). The van der Waals surface area contributed by atoms with Gasteiger partial charge in [-0.05, 0) is 24.1 Å². The van der Waals surface area contributed by atoms with Gasteiger partial charge in [0.1, 0.15) is 0 Å². The summed E-state index contributed by atoms with van der Waals surface area (Å²) in [6, 6.07) is 0. The molecule has 0 amide bonds. The number of thioether (sulfide) groups is 1. The molecule has 0 aliphatic carbocycles. The molecule has 4 heteroatoms. The Morgan fingerprint density at radius 2 is 2.62 bits per heavy atom. The molecule has 1 fully saturated rings. The Hall–Kier alpha value is -0.340. The quantitative estimate of drug-likeness (QED) is 0.304. The summed E-state index contributed by atoms with van der Waals surface area (Å²) in [5.41, 5.74) is 7.97. The SMILES string of the molecule is [N-]=[N+]=NC1CCCS1. The van der Waals surface area contributed by atoms with Gasteiger partial charge in [-0.3, -0.25) is 0 Å². The van der Waals surface area contributed by atoms with Crippen molar-refractivity contribution in [3.05, 3.63) is 10.4 Å². The summed E-state index contributed by atoms with van der Waals surface area (Å²) >= 11 is 1.75. The number of rotatable bonds is 1. The molecule has 1 saturated heterocycles. The number of azide groups is 1. The topological polar surface area (TPSA) is 48.8 Å². The normalized spacial score (nSPS) is 27.2. The molecule has 0 saturated carbocycles. The average molecular weight is 129 g/mol. The fourth-order valence-electron chi connectivity index (χ4n) is 0.709. The Morgan fingerprint density at radius 3 is 3.12 bits per heavy atom. The van der Waals surface area contributed by atoms with E-state index in [1.54, 1.807) is 11.8 Å². The molecular weight excluding hydrogens is 122 g/mol.